The highest BCUT2D eigenvalue weighted by atomic mass is 16.6. The van der Waals surface area contributed by atoms with Gasteiger partial charge in [0.2, 0.25) is 5.91 Å². The second-order valence-corrected chi connectivity index (χ2v) is 12.0. The van der Waals surface area contributed by atoms with Gasteiger partial charge in [-0.2, -0.15) is 0 Å². The van der Waals surface area contributed by atoms with E-state index in [-0.39, 0.29) is 12.5 Å². The van der Waals surface area contributed by atoms with Crippen LogP contribution in [0.15, 0.2) is 48.5 Å². The van der Waals surface area contributed by atoms with Gasteiger partial charge in [-0.15, -0.1) is 0 Å². The molecule has 0 atom stereocenters. The molecule has 0 spiro atoms. The Kier molecular flexibility index (Phi) is 9.41. The average molecular weight is 562 g/mol. The van der Waals surface area contributed by atoms with Gasteiger partial charge in [-0.25, -0.2) is 9.59 Å². The van der Waals surface area contributed by atoms with E-state index in [0.29, 0.717) is 24.6 Å². The fourth-order valence-electron chi connectivity index (χ4n) is 5.61. The Morgan fingerprint density at radius 2 is 1.59 bits per heavy atom. The molecule has 1 heterocycles. The zero-order valence-corrected chi connectivity index (χ0v) is 25.2. The van der Waals surface area contributed by atoms with Crippen LogP contribution < -0.4 is 0 Å². The molecule has 8 nitrogen and oxygen atoms in total. The summed E-state index contributed by atoms with van der Waals surface area (Å²) in [6.45, 7) is 6.28. The van der Waals surface area contributed by atoms with E-state index in [1.807, 2.05) is 57.2 Å². The number of carbonyl (C=O) groups is 3. The highest BCUT2D eigenvalue weighted by Crippen LogP contribution is 2.44. The fourth-order valence-corrected chi connectivity index (χ4v) is 5.61. The molecule has 1 aliphatic rings. The van der Waals surface area contributed by atoms with Crippen molar-refractivity contribution >= 4 is 28.9 Å². The summed E-state index contributed by atoms with van der Waals surface area (Å²) in [5.74, 6) is -0.119. The summed E-state index contributed by atoms with van der Waals surface area (Å²) in [6, 6.07) is 15.9. The number of esters is 1. The standard InChI is InChI=1S/C33H43N3O5/c1-33(2,3)41-32(39)35(5)20-19-34(4)28(37)22-36-27-21-25(31(38)40-6)17-18-26(27)29(23-13-9-7-10-14-23)30(36)24-15-11-8-12-16-24/h8,11-12,15-18,21,23H,7,9-10,13-14,19-20,22H2,1-6H3. The molecule has 4 rings (SSSR count). The molecule has 1 aliphatic carbocycles. The first kappa shape index (κ1) is 30.2. The number of fused-ring (bicyclic) bond motifs is 1. The van der Waals surface area contributed by atoms with Crippen LogP contribution in [0.1, 0.15) is 74.7 Å². The van der Waals surface area contributed by atoms with E-state index in [1.165, 1.54) is 36.8 Å². The minimum atomic E-state index is -0.588. The number of hydrogen-bond donors (Lipinski definition) is 0. The number of amides is 2. The Bertz CT molecular complexity index is 1380. The van der Waals surface area contributed by atoms with Crippen molar-refractivity contribution in [3.63, 3.8) is 0 Å². The summed E-state index contributed by atoms with van der Waals surface area (Å²) in [5, 5.41) is 1.07. The molecule has 0 N–H and O–H groups in total. The lowest BCUT2D eigenvalue weighted by Gasteiger charge is -2.26. The van der Waals surface area contributed by atoms with Gasteiger partial charge >= 0.3 is 12.1 Å². The number of likely N-dealkylation sites (N-methyl/N-ethyl adjacent to an activating group) is 2. The van der Waals surface area contributed by atoms with E-state index < -0.39 is 17.7 Å². The molecule has 0 unspecified atom stereocenters. The largest absolute Gasteiger partial charge is 0.465 e. The number of methoxy groups -OCH3 is 1. The molecule has 0 saturated heterocycles. The van der Waals surface area contributed by atoms with Crippen LogP contribution in [0.3, 0.4) is 0 Å². The second kappa shape index (κ2) is 12.8. The number of rotatable bonds is 8. The van der Waals surface area contributed by atoms with Crippen LogP contribution in [0.25, 0.3) is 22.2 Å². The molecule has 0 radical (unpaired) electrons. The third kappa shape index (κ3) is 7.10. The molecule has 1 fully saturated rings. The average Bonchev–Trinajstić information content (AvgIpc) is 3.28. The van der Waals surface area contributed by atoms with E-state index in [0.717, 1.165) is 35.0 Å². The van der Waals surface area contributed by atoms with Crippen molar-refractivity contribution in [1.82, 2.24) is 14.4 Å². The first-order valence-corrected chi connectivity index (χ1v) is 14.5. The van der Waals surface area contributed by atoms with Gasteiger partial charge in [0.05, 0.1) is 23.9 Å². The Labute approximate surface area is 243 Å². The second-order valence-electron chi connectivity index (χ2n) is 12.0. The molecule has 1 saturated carbocycles. The van der Waals surface area contributed by atoms with Crippen LogP contribution in [0.2, 0.25) is 0 Å². The van der Waals surface area contributed by atoms with Gasteiger partial charge in [0.1, 0.15) is 12.1 Å². The normalized spacial score (nSPS) is 14.1. The Balaban J connectivity index is 1.72. The molecule has 1 aromatic heterocycles. The minimum absolute atomic E-state index is 0.0877. The first-order valence-electron chi connectivity index (χ1n) is 14.5. The summed E-state index contributed by atoms with van der Waals surface area (Å²) in [6.07, 6.45) is 5.37. The highest BCUT2D eigenvalue weighted by Gasteiger charge is 2.28. The van der Waals surface area contributed by atoms with Crippen molar-refractivity contribution in [3.8, 4) is 11.3 Å². The Hall–Kier alpha value is -3.81. The van der Waals surface area contributed by atoms with Gasteiger partial charge in [-0.3, -0.25) is 4.79 Å². The maximum absolute atomic E-state index is 13.7. The molecule has 41 heavy (non-hydrogen) atoms. The maximum Gasteiger partial charge on any atom is 0.410 e. The predicted molar refractivity (Wildman–Crippen MR) is 161 cm³/mol. The van der Waals surface area contributed by atoms with Gasteiger partial charge in [-0.05, 0) is 62.8 Å². The van der Waals surface area contributed by atoms with Gasteiger partial charge in [-0.1, -0.05) is 55.7 Å². The zero-order valence-electron chi connectivity index (χ0n) is 25.2. The molecular weight excluding hydrogens is 518 g/mol. The number of ether oxygens (including phenoxy) is 2. The maximum atomic E-state index is 13.7. The van der Waals surface area contributed by atoms with E-state index >= 15 is 0 Å². The van der Waals surface area contributed by atoms with E-state index in [9.17, 15) is 14.4 Å². The molecule has 220 valence electrons. The third-order valence-corrected chi connectivity index (χ3v) is 7.78. The van der Waals surface area contributed by atoms with Gasteiger partial charge in [0.15, 0.2) is 0 Å². The number of hydrogen-bond acceptors (Lipinski definition) is 5. The lowest BCUT2D eigenvalue weighted by molar-refractivity contribution is -0.130. The van der Waals surface area contributed by atoms with Crippen LogP contribution in [-0.2, 0) is 20.8 Å². The summed E-state index contributed by atoms with van der Waals surface area (Å²) in [5.41, 5.74) is 4.04. The van der Waals surface area contributed by atoms with Crippen molar-refractivity contribution in [1.29, 1.82) is 0 Å². The number of nitrogens with zero attached hydrogens (tertiary/aromatic N) is 3. The quantitative estimate of drug-likeness (QED) is 0.295. The lowest BCUT2D eigenvalue weighted by atomic mass is 9.82. The van der Waals surface area contributed by atoms with Crippen LogP contribution >= 0.6 is 0 Å². The van der Waals surface area contributed by atoms with Gasteiger partial charge in [0.25, 0.3) is 0 Å². The lowest BCUT2D eigenvalue weighted by Crippen LogP contribution is -2.40. The molecule has 8 heteroatoms. The number of benzene rings is 2. The molecule has 2 amide bonds. The van der Waals surface area contributed by atoms with Crippen molar-refractivity contribution in [2.45, 2.75) is 70.9 Å². The van der Waals surface area contributed by atoms with Gasteiger partial charge < -0.3 is 23.8 Å². The molecule has 0 aliphatic heterocycles. The van der Waals surface area contributed by atoms with Crippen molar-refractivity contribution in [2.75, 3.05) is 34.3 Å². The monoisotopic (exact) mass is 561 g/mol. The molecule has 2 aromatic carbocycles. The fraction of sp³-hybridized carbons (Fsp3) is 0.485. The van der Waals surface area contributed by atoms with E-state index in [2.05, 4.69) is 16.7 Å². The summed E-state index contributed by atoms with van der Waals surface area (Å²) >= 11 is 0. The van der Waals surface area contributed by atoms with E-state index in [4.69, 9.17) is 9.47 Å². The number of aromatic nitrogens is 1. The van der Waals surface area contributed by atoms with E-state index in [1.54, 1.807) is 19.0 Å². The molecule has 0 bridgehead atoms. The smallest absolute Gasteiger partial charge is 0.410 e. The summed E-state index contributed by atoms with van der Waals surface area (Å²) in [7, 11) is 4.80. The van der Waals surface area contributed by atoms with Crippen molar-refractivity contribution in [2.24, 2.45) is 0 Å². The topological polar surface area (TPSA) is 81.1 Å². The predicted octanol–water partition coefficient (Wildman–Crippen LogP) is 6.47. The highest BCUT2D eigenvalue weighted by molar-refractivity contribution is 5.99. The summed E-state index contributed by atoms with van der Waals surface area (Å²) < 4.78 is 12.5. The van der Waals surface area contributed by atoms with Crippen molar-refractivity contribution < 1.29 is 23.9 Å². The minimum Gasteiger partial charge on any atom is -0.465 e. The van der Waals surface area contributed by atoms with Crippen molar-refractivity contribution in [3.05, 3.63) is 59.7 Å². The van der Waals surface area contributed by atoms with Crippen LogP contribution in [0.5, 0.6) is 0 Å². The summed E-state index contributed by atoms with van der Waals surface area (Å²) in [4.78, 5) is 41.7. The van der Waals surface area contributed by atoms with Crippen LogP contribution in [0.4, 0.5) is 4.79 Å². The van der Waals surface area contributed by atoms with Crippen LogP contribution in [0, 0.1) is 0 Å². The van der Waals surface area contributed by atoms with Gasteiger partial charge in [0, 0.05) is 32.6 Å². The SMILES string of the molecule is COC(=O)c1ccc2c(C3CCCCC3)c(-c3ccccc3)n(CC(=O)N(C)CCN(C)C(=O)OC(C)(C)C)c2c1. The molecule has 3 aromatic rings. The first-order chi connectivity index (χ1) is 19.5. The molecular formula is C33H43N3O5. The zero-order chi connectivity index (χ0) is 29.7. The van der Waals surface area contributed by atoms with Crippen LogP contribution in [-0.4, -0.2) is 72.2 Å². The Morgan fingerprint density at radius 3 is 2.22 bits per heavy atom. The Morgan fingerprint density at radius 1 is 0.927 bits per heavy atom. The number of carbonyl (C=O) groups excluding carboxylic acids is 3. The third-order valence-electron chi connectivity index (χ3n) is 7.78.